The van der Waals surface area contributed by atoms with Crippen molar-refractivity contribution >= 4 is 5.57 Å². The van der Waals surface area contributed by atoms with Crippen molar-refractivity contribution in [3.8, 4) is 17.6 Å². The fourth-order valence-corrected chi connectivity index (χ4v) is 0.942. The summed E-state index contributed by atoms with van der Waals surface area (Å²) in [7, 11) is 1.47. The Balaban J connectivity index is 3.11. The molecule has 66 valence electrons. The van der Waals surface area contributed by atoms with Crippen LogP contribution >= 0.6 is 0 Å². The van der Waals surface area contributed by atoms with Gasteiger partial charge in [-0.25, -0.2) is 0 Å². The minimum Gasteiger partial charge on any atom is -0.504 e. The van der Waals surface area contributed by atoms with E-state index in [2.05, 4.69) is 6.58 Å². The summed E-state index contributed by atoms with van der Waals surface area (Å²) in [6.45, 7) is 3.53. The van der Waals surface area contributed by atoms with Gasteiger partial charge in [0.1, 0.15) is 0 Å². The molecule has 0 atom stereocenters. The van der Waals surface area contributed by atoms with Crippen LogP contribution in [0.1, 0.15) is 5.56 Å². The Morgan fingerprint density at radius 3 is 2.77 bits per heavy atom. The molecule has 0 unspecified atom stereocenters. The molecular weight excluding hydrogens is 166 g/mol. The highest BCUT2D eigenvalue weighted by Gasteiger charge is 2.03. The summed E-state index contributed by atoms with van der Waals surface area (Å²) >= 11 is 0. The SMILES string of the molecule is C=C(C#N)c1ccc(OC)c(O)c1. The number of phenolic OH excluding ortho intramolecular Hbond substituents is 1. The van der Waals surface area contributed by atoms with E-state index in [-0.39, 0.29) is 5.75 Å². The zero-order valence-corrected chi connectivity index (χ0v) is 7.24. The van der Waals surface area contributed by atoms with Crippen molar-refractivity contribution in [3.63, 3.8) is 0 Å². The van der Waals surface area contributed by atoms with Gasteiger partial charge in [0.15, 0.2) is 11.5 Å². The van der Waals surface area contributed by atoms with Crippen molar-refractivity contribution in [2.75, 3.05) is 7.11 Å². The smallest absolute Gasteiger partial charge is 0.160 e. The molecule has 0 aliphatic carbocycles. The summed E-state index contributed by atoms with van der Waals surface area (Å²) in [4.78, 5) is 0. The molecule has 1 aromatic carbocycles. The van der Waals surface area contributed by atoms with Gasteiger partial charge in [0.25, 0.3) is 0 Å². The van der Waals surface area contributed by atoms with Gasteiger partial charge in [-0.2, -0.15) is 5.26 Å². The standard InChI is InChI=1S/C10H9NO2/c1-7(6-11)8-3-4-10(13-2)9(12)5-8/h3-5,12H,1H2,2H3. The number of nitriles is 1. The van der Waals surface area contributed by atoms with Crippen LogP contribution in [0.25, 0.3) is 5.57 Å². The minimum atomic E-state index is 0.0106. The second-order valence-electron chi connectivity index (χ2n) is 2.48. The number of rotatable bonds is 2. The monoisotopic (exact) mass is 175 g/mol. The lowest BCUT2D eigenvalue weighted by molar-refractivity contribution is 0.373. The number of ether oxygens (including phenoxy) is 1. The number of phenols is 1. The molecule has 0 aromatic heterocycles. The number of allylic oxidation sites excluding steroid dienone is 1. The molecule has 3 heteroatoms. The van der Waals surface area contributed by atoms with Crippen LogP contribution in [0, 0.1) is 11.3 Å². The van der Waals surface area contributed by atoms with E-state index in [1.165, 1.54) is 13.2 Å². The van der Waals surface area contributed by atoms with Gasteiger partial charge in [-0.3, -0.25) is 0 Å². The van der Waals surface area contributed by atoms with Crippen LogP contribution in [0.15, 0.2) is 24.8 Å². The topological polar surface area (TPSA) is 53.2 Å². The van der Waals surface area contributed by atoms with Gasteiger partial charge < -0.3 is 9.84 Å². The predicted molar refractivity (Wildman–Crippen MR) is 49.3 cm³/mol. The molecule has 0 radical (unpaired) electrons. The fraction of sp³-hybridized carbons (Fsp3) is 0.100. The first-order chi connectivity index (χ1) is 6.19. The van der Waals surface area contributed by atoms with Gasteiger partial charge in [0, 0.05) is 0 Å². The van der Waals surface area contributed by atoms with Crippen LogP contribution in [0.5, 0.6) is 11.5 Å². The summed E-state index contributed by atoms with van der Waals surface area (Å²) in [5, 5.41) is 17.9. The van der Waals surface area contributed by atoms with Gasteiger partial charge >= 0.3 is 0 Å². The third-order valence-electron chi connectivity index (χ3n) is 1.66. The Morgan fingerprint density at radius 2 is 2.31 bits per heavy atom. The van der Waals surface area contributed by atoms with E-state index in [1.807, 2.05) is 6.07 Å². The quantitative estimate of drug-likeness (QED) is 0.699. The average Bonchev–Trinajstić information content (AvgIpc) is 2.16. The molecule has 0 saturated carbocycles. The Labute approximate surface area is 76.5 Å². The largest absolute Gasteiger partial charge is 0.504 e. The van der Waals surface area contributed by atoms with E-state index < -0.39 is 0 Å². The van der Waals surface area contributed by atoms with Crippen LogP contribution in [-0.2, 0) is 0 Å². The molecule has 0 fully saturated rings. The van der Waals surface area contributed by atoms with Crippen molar-refractivity contribution in [2.45, 2.75) is 0 Å². The normalized spacial score (nSPS) is 8.92. The number of nitrogens with zero attached hydrogens (tertiary/aromatic N) is 1. The van der Waals surface area contributed by atoms with Crippen LogP contribution in [0.2, 0.25) is 0 Å². The number of benzene rings is 1. The lowest BCUT2D eigenvalue weighted by Gasteiger charge is -2.04. The molecule has 3 nitrogen and oxygen atoms in total. The highest BCUT2D eigenvalue weighted by molar-refractivity contribution is 5.75. The molecule has 0 saturated heterocycles. The molecular formula is C10H9NO2. The number of hydrogen-bond acceptors (Lipinski definition) is 3. The first-order valence-electron chi connectivity index (χ1n) is 3.65. The molecule has 0 aliphatic rings. The maximum absolute atomic E-state index is 9.36. The molecule has 0 spiro atoms. The molecule has 0 bridgehead atoms. The maximum atomic E-state index is 9.36. The summed E-state index contributed by atoms with van der Waals surface area (Å²) in [6.07, 6.45) is 0. The van der Waals surface area contributed by atoms with E-state index in [4.69, 9.17) is 10.00 Å². The number of hydrogen-bond donors (Lipinski definition) is 1. The molecule has 1 rings (SSSR count). The third kappa shape index (κ3) is 1.79. The summed E-state index contributed by atoms with van der Waals surface area (Å²) in [6, 6.07) is 6.61. The van der Waals surface area contributed by atoms with Gasteiger partial charge in [-0.1, -0.05) is 6.58 Å². The molecule has 13 heavy (non-hydrogen) atoms. The predicted octanol–water partition coefficient (Wildman–Crippen LogP) is 1.94. The molecule has 0 aliphatic heterocycles. The van der Waals surface area contributed by atoms with E-state index in [1.54, 1.807) is 12.1 Å². The lowest BCUT2D eigenvalue weighted by Crippen LogP contribution is -1.85. The minimum absolute atomic E-state index is 0.0106. The second-order valence-corrected chi connectivity index (χ2v) is 2.48. The van der Waals surface area contributed by atoms with Gasteiger partial charge in [0.2, 0.25) is 0 Å². The zero-order valence-electron chi connectivity index (χ0n) is 7.24. The lowest BCUT2D eigenvalue weighted by atomic mass is 10.1. The second kappa shape index (κ2) is 3.63. The molecule has 1 aromatic rings. The fourth-order valence-electron chi connectivity index (χ4n) is 0.942. The highest BCUT2D eigenvalue weighted by Crippen LogP contribution is 2.28. The zero-order chi connectivity index (χ0) is 9.84. The first-order valence-corrected chi connectivity index (χ1v) is 3.65. The van der Waals surface area contributed by atoms with Crippen molar-refractivity contribution in [1.82, 2.24) is 0 Å². The summed E-state index contributed by atoms with van der Waals surface area (Å²) < 4.78 is 4.85. The Morgan fingerprint density at radius 1 is 1.62 bits per heavy atom. The van der Waals surface area contributed by atoms with Crippen molar-refractivity contribution in [1.29, 1.82) is 5.26 Å². The van der Waals surface area contributed by atoms with E-state index in [0.717, 1.165) is 0 Å². The first kappa shape index (κ1) is 9.14. The van der Waals surface area contributed by atoms with Crippen LogP contribution in [0.3, 0.4) is 0 Å². The van der Waals surface area contributed by atoms with Crippen molar-refractivity contribution in [2.24, 2.45) is 0 Å². The van der Waals surface area contributed by atoms with Crippen LogP contribution in [0.4, 0.5) is 0 Å². The summed E-state index contributed by atoms with van der Waals surface area (Å²) in [5.74, 6) is 0.394. The molecule has 0 amide bonds. The summed E-state index contributed by atoms with van der Waals surface area (Å²) in [5.41, 5.74) is 0.916. The van der Waals surface area contributed by atoms with Gasteiger partial charge in [0.05, 0.1) is 18.8 Å². The number of aromatic hydroxyl groups is 1. The van der Waals surface area contributed by atoms with E-state index in [9.17, 15) is 5.11 Å². The Hall–Kier alpha value is -1.95. The Bertz CT molecular complexity index is 377. The van der Waals surface area contributed by atoms with Gasteiger partial charge in [-0.15, -0.1) is 0 Å². The molecule has 0 heterocycles. The van der Waals surface area contributed by atoms with Crippen molar-refractivity contribution in [3.05, 3.63) is 30.3 Å². The van der Waals surface area contributed by atoms with E-state index in [0.29, 0.717) is 16.9 Å². The Kier molecular flexibility index (Phi) is 2.56. The van der Waals surface area contributed by atoms with E-state index >= 15 is 0 Å². The average molecular weight is 175 g/mol. The van der Waals surface area contributed by atoms with Crippen LogP contribution < -0.4 is 4.74 Å². The highest BCUT2D eigenvalue weighted by atomic mass is 16.5. The maximum Gasteiger partial charge on any atom is 0.160 e. The van der Waals surface area contributed by atoms with Crippen LogP contribution in [-0.4, -0.2) is 12.2 Å². The molecule has 1 N–H and O–H groups in total. The third-order valence-corrected chi connectivity index (χ3v) is 1.66. The van der Waals surface area contributed by atoms with Crippen molar-refractivity contribution < 1.29 is 9.84 Å². The number of methoxy groups -OCH3 is 1. The van der Waals surface area contributed by atoms with Gasteiger partial charge in [-0.05, 0) is 23.8 Å².